The van der Waals surface area contributed by atoms with Crippen molar-refractivity contribution in [3.8, 4) is 0 Å². The summed E-state index contributed by atoms with van der Waals surface area (Å²) >= 11 is 1.36. The molecule has 2 heterocycles. The summed E-state index contributed by atoms with van der Waals surface area (Å²) in [6.07, 6.45) is 2.52. The molecule has 1 unspecified atom stereocenters. The van der Waals surface area contributed by atoms with E-state index in [2.05, 4.69) is 36.3 Å². The number of aliphatic hydroxyl groups is 1. The molecule has 2 aromatic carbocycles. The third-order valence-electron chi connectivity index (χ3n) is 6.03. The molecule has 43 heavy (non-hydrogen) atoms. The molecule has 226 valence electrons. The number of hydrogen-bond acceptors (Lipinski definition) is 10. The van der Waals surface area contributed by atoms with E-state index in [1.54, 1.807) is 18.2 Å². The molecule has 0 aliphatic rings. The zero-order valence-corrected chi connectivity index (χ0v) is 25.4. The number of carbonyl (C=O) groups excluding carboxylic acids is 2. The van der Waals surface area contributed by atoms with Crippen LogP contribution < -0.4 is 16.0 Å². The summed E-state index contributed by atoms with van der Waals surface area (Å²) < 4.78 is 5.47. The van der Waals surface area contributed by atoms with Gasteiger partial charge in [0, 0.05) is 12.1 Å². The van der Waals surface area contributed by atoms with Crippen LogP contribution >= 0.6 is 11.3 Å². The van der Waals surface area contributed by atoms with E-state index in [1.165, 1.54) is 11.3 Å². The van der Waals surface area contributed by atoms with Crippen LogP contribution in [-0.2, 0) is 40.0 Å². The number of aryl methyl sites for hydroxylation is 2. The van der Waals surface area contributed by atoms with Crippen LogP contribution in [0.5, 0.6) is 0 Å². The van der Waals surface area contributed by atoms with Crippen molar-refractivity contribution in [2.75, 3.05) is 16.0 Å². The molecular formula is C31H37N7O4S. The first-order chi connectivity index (χ1) is 20.6. The number of ether oxygens (including phenoxy) is 1. The summed E-state index contributed by atoms with van der Waals surface area (Å²) in [5.74, 6) is 0.0947. The van der Waals surface area contributed by atoms with Gasteiger partial charge in [-0.2, -0.15) is 5.10 Å². The predicted octanol–water partition coefficient (Wildman–Crippen LogP) is 4.76. The Balaban J connectivity index is 1.15. The lowest BCUT2D eigenvalue weighted by atomic mass is 10.1. The fourth-order valence-corrected chi connectivity index (χ4v) is 4.94. The number of nitrogens with one attached hydrogen (secondary N) is 3. The summed E-state index contributed by atoms with van der Waals surface area (Å²) in [5.41, 5.74) is 2.71. The molecule has 4 aromatic rings. The minimum absolute atomic E-state index is 0.134. The van der Waals surface area contributed by atoms with Crippen molar-refractivity contribution in [3.05, 3.63) is 88.6 Å². The SMILES string of the molecule is CC(C)(C)OC(O)Nc1cccc(CC(=O)Nc2nnc(CCCCc3ccc(NC(=O)Cc4ccccc4)nn3)s2)c1. The minimum atomic E-state index is -1.16. The fourth-order valence-electron chi connectivity index (χ4n) is 4.14. The highest BCUT2D eigenvalue weighted by Gasteiger charge is 2.17. The summed E-state index contributed by atoms with van der Waals surface area (Å²) in [6.45, 7) is 5.56. The van der Waals surface area contributed by atoms with E-state index in [9.17, 15) is 14.7 Å². The second-order valence-corrected chi connectivity index (χ2v) is 12.0. The molecule has 0 saturated carbocycles. The number of carbonyl (C=O) groups is 2. The third kappa shape index (κ3) is 11.5. The van der Waals surface area contributed by atoms with Crippen molar-refractivity contribution in [3.63, 3.8) is 0 Å². The predicted molar refractivity (Wildman–Crippen MR) is 167 cm³/mol. The Bertz CT molecular complexity index is 1470. The standard InChI is InChI=1S/C31H37N7O4S/c1-31(2,3)42-30(41)32-24-14-9-12-22(18-24)20-27(40)34-29-38-37-28(43-29)15-8-7-13-23-16-17-25(36-35-23)33-26(39)19-21-10-5-4-6-11-21/h4-6,9-12,14,16-18,30,32,41H,7-8,13,15,19-20H2,1-3H3,(H,33,36,39)(H,34,38,40). The quantitative estimate of drug-likeness (QED) is 0.118. The van der Waals surface area contributed by atoms with Crippen LogP contribution in [0.4, 0.5) is 16.6 Å². The van der Waals surface area contributed by atoms with Gasteiger partial charge in [0.25, 0.3) is 0 Å². The van der Waals surface area contributed by atoms with Gasteiger partial charge in [0.2, 0.25) is 23.4 Å². The van der Waals surface area contributed by atoms with Crippen molar-refractivity contribution in [1.29, 1.82) is 0 Å². The Hall–Kier alpha value is -4.26. The van der Waals surface area contributed by atoms with Gasteiger partial charge in [0.15, 0.2) is 5.82 Å². The highest BCUT2D eigenvalue weighted by Crippen LogP contribution is 2.19. The van der Waals surface area contributed by atoms with E-state index in [0.717, 1.165) is 47.5 Å². The molecule has 0 fully saturated rings. The lowest BCUT2D eigenvalue weighted by molar-refractivity contribution is -0.148. The maximum atomic E-state index is 12.6. The zero-order valence-electron chi connectivity index (χ0n) is 24.5. The number of hydrogen-bond donors (Lipinski definition) is 4. The second kappa shape index (κ2) is 15.3. The van der Waals surface area contributed by atoms with Gasteiger partial charge in [0.1, 0.15) is 5.01 Å². The number of aromatic nitrogens is 4. The maximum absolute atomic E-state index is 12.6. The monoisotopic (exact) mass is 603 g/mol. The molecule has 0 radical (unpaired) electrons. The molecule has 4 rings (SSSR count). The Morgan fingerprint density at radius 1 is 0.837 bits per heavy atom. The number of anilines is 3. The maximum Gasteiger partial charge on any atom is 0.235 e. The highest BCUT2D eigenvalue weighted by molar-refractivity contribution is 7.15. The highest BCUT2D eigenvalue weighted by atomic mass is 32.1. The molecule has 2 amide bonds. The molecule has 0 aliphatic heterocycles. The Kier molecular flexibility index (Phi) is 11.3. The lowest BCUT2D eigenvalue weighted by Gasteiger charge is -2.25. The molecule has 0 saturated heterocycles. The van der Waals surface area contributed by atoms with Gasteiger partial charge < -0.3 is 25.8 Å². The molecule has 11 nitrogen and oxygen atoms in total. The van der Waals surface area contributed by atoms with E-state index in [-0.39, 0.29) is 24.7 Å². The summed E-state index contributed by atoms with van der Waals surface area (Å²) in [6, 6.07) is 20.4. The molecule has 12 heteroatoms. The second-order valence-electron chi connectivity index (χ2n) is 11.0. The van der Waals surface area contributed by atoms with Gasteiger partial charge in [-0.3, -0.25) is 9.59 Å². The average Bonchev–Trinajstić information content (AvgIpc) is 3.38. The van der Waals surface area contributed by atoms with Crippen LogP contribution in [0.3, 0.4) is 0 Å². The zero-order chi connectivity index (χ0) is 30.7. The fraction of sp³-hybridized carbons (Fsp3) is 0.355. The molecular weight excluding hydrogens is 566 g/mol. The van der Waals surface area contributed by atoms with Crippen LogP contribution in [-0.4, -0.2) is 49.3 Å². The van der Waals surface area contributed by atoms with Gasteiger partial charge in [-0.15, -0.1) is 15.3 Å². The van der Waals surface area contributed by atoms with Crippen molar-refractivity contribution < 1.29 is 19.4 Å². The number of unbranched alkanes of at least 4 members (excludes halogenated alkanes) is 1. The van der Waals surface area contributed by atoms with Crippen LogP contribution in [0.1, 0.15) is 55.4 Å². The average molecular weight is 604 g/mol. The van der Waals surface area contributed by atoms with Gasteiger partial charge in [-0.1, -0.05) is 53.8 Å². The Morgan fingerprint density at radius 3 is 2.30 bits per heavy atom. The van der Waals surface area contributed by atoms with Crippen molar-refractivity contribution >= 4 is 39.8 Å². The van der Waals surface area contributed by atoms with E-state index in [1.807, 2.05) is 69.3 Å². The first-order valence-corrected chi connectivity index (χ1v) is 14.9. The van der Waals surface area contributed by atoms with Gasteiger partial charge in [-0.25, -0.2) is 0 Å². The number of benzene rings is 2. The Morgan fingerprint density at radius 2 is 1.56 bits per heavy atom. The number of nitrogens with zero attached hydrogens (tertiary/aromatic N) is 4. The van der Waals surface area contributed by atoms with Crippen molar-refractivity contribution in [2.24, 2.45) is 0 Å². The third-order valence-corrected chi connectivity index (χ3v) is 6.93. The summed E-state index contributed by atoms with van der Waals surface area (Å²) in [4.78, 5) is 24.8. The molecule has 4 N–H and O–H groups in total. The molecule has 0 spiro atoms. The summed E-state index contributed by atoms with van der Waals surface area (Å²) in [5, 5.41) is 36.5. The first-order valence-electron chi connectivity index (χ1n) is 14.1. The van der Waals surface area contributed by atoms with Crippen molar-refractivity contribution in [2.45, 2.75) is 71.3 Å². The number of amides is 2. The minimum Gasteiger partial charge on any atom is -0.351 e. The van der Waals surface area contributed by atoms with Crippen LogP contribution in [0.25, 0.3) is 0 Å². The van der Waals surface area contributed by atoms with Gasteiger partial charge in [-0.05, 0) is 75.4 Å². The van der Waals surface area contributed by atoms with E-state index >= 15 is 0 Å². The normalized spacial score (nSPS) is 12.0. The molecule has 0 bridgehead atoms. The smallest absolute Gasteiger partial charge is 0.235 e. The van der Waals surface area contributed by atoms with Crippen LogP contribution in [0.2, 0.25) is 0 Å². The van der Waals surface area contributed by atoms with E-state index in [4.69, 9.17) is 4.74 Å². The van der Waals surface area contributed by atoms with E-state index < -0.39 is 12.0 Å². The molecule has 2 aromatic heterocycles. The Labute approximate surface area is 255 Å². The van der Waals surface area contributed by atoms with Gasteiger partial charge in [0.05, 0.1) is 24.1 Å². The largest absolute Gasteiger partial charge is 0.351 e. The number of rotatable bonds is 14. The summed E-state index contributed by atoms with van der Waals surface area (Å²) in [7, 11) is 0. The van der Waals surface area contributed by atoms with Crippen LogP contribution in [0.15, 0.2) is 66.7 Å². The molecule has 1 atom stereocenters. The topological polar surface area (TPSA) is 151 Å². The lowest BCUT2D eigenvalue weighted by Crippen LogP contribution is -2.32. The van der Waals surface area contributed by atoms with Gasteiger partial charge >= 0.3 is 0 Å². The van der Waals surface area contributed by atoms with E-state index in [0.29, 0.717) is 16.6 Å². The van der Waals surface area contributed by atoms with Crippen molar-refractivity contribution in [1.82, 2.24) is 20.4 Å². The molecule has 0 aliphatic carbocycles. The number of aliphatic hydroxyl groups excluding tert-OH is 1. The van der Waals surface area contributed by atoms with Crippen LogP contribution in [0, 0.1) is 0 Å². The first kappa shape index (κ1) is 31.7.